The lowest BCUT2D eigenvalue weighted by Gasteiger charge is -2.41. The molecule has 0 unspecified atom stereocenters. The van der Waals surface area contributed by atoms with Gasteiger partial charge in [0.1, 0.15) is 9.84 Å². The molecule has 0 aromatic carbocycles. The summed E-state index contributed by atoms with van der Waals surface area (Å²) in [4.78, 5) is 2.44. The van der Waals surface area contributed by atoms with Crippen molar-refractivity contribution in [1.29, 1.82) is 0 Å². The minimum Gasteiger partial charge on any atom is -0.309 e. The molecule has 0 aromatic heterocycles. The van der Waals surface area contributed by atoms with E-state index in [0.29, 0.717) is 11.3 Å². The molecule has 1 aliphatic heterocycles. The molecular weight excluding hydrogens is 236 g/mol. The van der Waals surface area contributed by atoms with Crippen LogP contribution in [0.15, 0.2) is 0 Å². The van der Waals surface area contributed by atoms with E-state index in [9.17, 15) is 8.42 Å². The van der Waals surface area contributed by atoms with E-state index in [0.717, 1.165) is 32.6 Å². The maximum atomic E-state index is 11.1. The summed E-state index contributed by atoms with van der Waals surface area (Å²) in [6, 6.07) is 0. The molecule has 1 saturated carbocycles. The van der Waals surface area contributed by atoms with Gasteiger partial charge in [-0.2, -0.15) is 0 Å². The lowest BCUT2D eigenvalue weighted by molar-refractivity contribution is 0.135. The monoisotopic (exact) mass is 260 g/mol. The Bertz CT molecular complexity index is 348. The zero-order chi connectivity index (χ0) is 12.4. The van der Waals surface area contributed by atoms with Gasteiger partial charge in [0.15, 0.2) is 0 Å². The molecule has 0 atom stereocenters. The van der Waals surface area contributed by atoms with Gasteiger partial charge in [-0.25, -0.2) is 8.42 Å². The van der Waals surface area contributed by atoms with Crippen LogP contribution in [0.5, 0.6) is 0 Å². The van der Waals surface area contributed by atoms with Crippen molar-refractivity contribution in [3.8, 4) is 0 Å². The molecule has 2 rings (SSSR count). The number of nitrogens with one attached hydrogen (secondary N) is 1. The highest BCUT2D eigenvalue weighted by Crippen LogP contribution is 2.31. The molecule has 1 heterocycles. The highest BCUT2D eigenvalue weighted by atomic mass is 32.2. The van der Waals surface area contributed by atoms with Crippen LogP contribution in [0.1, 0.15) is 32.1 Å². The summed E-state index contributed by atoms with van der Waals surface area (Å²) < 4.78 is 22.2. The molecule has 4 nitrogen and oxygen atoms in total. The zero-order valence-corrected chi connectivity index (χ0v) is 11.6. The van der Waals surface area contributed by atoms with Crippen LogP contribution in [0, 0.1) is 0 Å². The molecule has 2 aliphatic rings. The molecule has 100 valence electrons. The van der Waals surface area contributed by atoms with E-state index in [1.54, 1.807) is 0 Å². The average Bonchev–Trinajstić information content (AvgIpc) is 2.64. The van der Waals surface area contributed by atoms with Crippen molar-refractivity contribution >= 4 is 9.84 Å². The molecule has 1 aliphatic carbocycles. The quantitative estimate of drug-likeness (QED) is 0.806. The first-order chi connectivity index (χ1) is 7.99. The van der Waals surface area contributed by atoms with Gasteiger partial charge in [-0.1, -0.05) is 12.8 Å². The number of piperazine rings is 1. The second-order valence-corrected chi connectivity index (χ2v) is 7.93. The van der Waals surface area contributed by atoms with Crippen molar-refractivity contribution < 1.29 is 8.42 Å². The van der Waals surface area contributed by atoms with Crippen molar-refractivity contribution in [2.45, 2.75) is 37.6 Å². The van der Waals surface area contributed by atoms with Gasteiger partial charge in [0.25, 0.3) is 0 Å². The van der Waals surface area contributed by atoms with Gasteiger partial charge in [0.2, 0.25) is 0 Å². The van der Waals surface area contributed by atoms with Crippen molar-refractivity contribution in [2.24, 2.45) is 0 Å². The Labute approximate surface area is 105 Å². The Morgan fingerprint density at radius 1 is 1.29 bits per heavy atom. The van der Waals surface area contributed by atoms with Gasteiger partial charge in [-0.3, -0.25) is 0 Å². The van der Waals surface area contributed by atoms with Crippen molar-refractivity contribution in [3.05, 3.63) is 0 Å². The standard InChI is InChI=1S/C12H24N2O2S/c1-17(15,16)10-4-8-14-9-7-13-12(11-14)5-2-3-6-12/h13H,2-11H2,1H3. The van der Waals surface area contributed by atoms with E-state index in [2.05, 4.69) is 10.2 Å². The van der Waals surface area contributed by atoms with E-state index >= 15 is 0 Å². The Morgan fingerprint density at radius 3 is 2.65 bits per heavy atom. The third-order valence-electron chi connectivity index (χ3n) is 4.00. The first-order valence-corrected chi connectivity index (χ1v) is 8.70. The second kappa shape index (κ2) is 5.24. The van der Waals surface area contributed by atoms with Crippen LogP contribution in [-0.4, -0.2) is 57.0 Å². The summed E-state index contributed by atoms with van der Waals surface area (Å²) in [7, 11) is -2.79. The van der Waals surface area contributed by atoms with Crippen LogP contribution in [0.3, 0.4) is 0 Å². The molecule has 0 aromatic rings. The molecule has 1 N–H and O–H groups in total. The number of sulfone groups is 1. The minimum absolute atomic E-state index is 0.323. The van der Waals surface area contributed by atoms with Gasteiger partial charge in [-0.05, 0) is 25.8 Å². The Morgan fingerprint density at radius 2 is 2.00 bits per heavy atom. The van der Waals surface area contributed by atoms with Crippen LogP contribution >= 0.6 is 0 Å². The second-order valence-electron chi connectivity index (χ2n) is 5.67. The zero-order valence-electron chi connectivity index (χ0n) is 10.7. The van der Waals surface area contributed by atoms with Crippen LogP contribution in [0.4, 0.5) is 0 Å². The maximum absolute atomic E-state index is 11.1. The summed E-state index contributed by atoms with van der Waals surface area (Å²) in [6.07, 6.45) is 7.34. The Hall–Kier alpha value is -0.130. The molecule has 0 bridgehead atoms. The minimum atomic E-state index is -2.79. The van der Waals surface area contributed by atoms with E-state index in [4.69, 9.17) is 0 Å². The predicted molar refractivity (Wildman–Crippen MR) is 70.0 cm³/mol. The van der Waals surface area contributed by atoms with Gasteiger partial charge in [0.05, 0.1) is 5.75 Å². The first-order valence-electron chi connectivity index (χ1n) is 6.64. The normalized spacial score (nSPS) is 25.5. The Balaban J connectivity index is 1.78. The lowest BCUT2D eigenvalue weighted by atomic mass is 9.94. The molecule has 5 heteroatoms. The van der Waals surface area contributed by atoms with E-state index < -0.39 is 9.84 Å². The first kappa shape index (κ1) is 13.3. The summed E-state index contributed by atoms with van der Waals surface area (Å²) in [5, 5.41) is 3.67. The maximum Gasteiger partial charge on any atom is 0.147 e. The Kier molecular flexibility index (Phi) is 4.10. The molecule has 1 saturated heterocycles. The molecule has 2 fully saturated rings. The third-order valence-corrected chi connectivity index (χ3v) is 5.03. The number of nitrogens with zero attached hydrogens (tertiary/aromatic N) is 1. The smallest absolute Gasteiger partial charge is 0.147 e. The fraction of sp³-hybridized carbons (Fsp3) is 1.00. The molecule has 0 amide bonds. The fourth-order valence-corrected chi connectivity index (χ4v) is 3.82. The van der Waals surface area contributed by atoms with Gasteiger partial charge in [0, 0.05) is 31.4 Å². The topological polar surface area (TPSA) is 49.4 Å². The van der Waals surface area contributed by atoms with Crippen molar-refractivity contribution in [1.82, 2.24) is 10.2 Å². The average molecular weight is 260 g/mol. The van der Waals surface area contributed by atoms with Gasteiger partial charge in [-0.15, -0.1) is 0 Å². The number of rotatable bonds is 4. The molecule has 0 radical (unpaired) electrons. The molecule has 1 spiro atoms. The summed E-state index contributed by atoms with van der Waals surface area (Å²) in [6.45, 7) is 4.15. The van der Waals surface area contributed by atoms with E-state index in [-0.39, 0.29) is 0 Å². The van der Waals surface area contributed by atoms with Crippen LogP contribution < -0.4 is 5.32 Å². The lowest BCUT2D eigenvalue weighted by Crippen LogP contribution is -2.59. The SMILES string of the molecule is CS(=O)(=O)CCCN1CCNC2(CCCC2)C1. The summed E-state index contributed by atoms with van der Waals surface area (Å²) in [5.74, 6) is 0.323. The molecular formula is C12H24N2O2S. The van der Waals surface area contributed by atoms with Crippen LogP contribution in [0.25, 0.3) is 0 Å². The molecule has 17 heavy (non-hydrogen) atoms. The highest BCUT2D eigenvalue weighted by Gasteiger charge is 2.37. The largest absolute Gasteiger partial charge is 0.309 e. The van der Waals surface area contributed by atoms with Crippen LogP contribution in [0.2, 0.25) is 0 Å². The van der Waals surface area contributed by atoms with Crippen molar-refractivity contribution in [3.63, 3.8) is 0 Å². The van der Waals surface area contributed by atoms with Crippen LogP contribution in [-0.2, 0) is 9.84 Å². The summed E-state index contributed by atoms with van der Waals surface area (Å²) >= 11 is 0. The van der Waals surface area contributed by atoms with Crippen molar-refractivity contribution in [2.75, 3.05) is 38.2 Å². The van der Waals surface area contributed by atoms with Gasteiger partial charge >= 0.3 is 0 Å². The highest BCUT2D eigenvalue weighted by molar-refractivity contribution is 7.90. The summed E-state index contributed by atoms with van der Waals surface area (Å²) in [5.41, 5.74) is 0.351. The predicted octanol–water partition coefficient (Wildman–Crippen LogP) is 0.639. The number of hydrogen-bond acceptors (Lipinski definition) is 4. The fourth-order valence-electron chi connectivity index (χ4n) is 3.17. The third kappa shape index (κ3) is 3.93. The van der Waals surface area contributed by atoms with E-state index in [1.807, 2.05) is 0 Å². The van der Waals surface area contributed by atoms with E-state index in [1.165, 1.54) is 31.9 Å². The number of hydrogen-bond donors (Lipinski definition) is 1. The van der Waals surface area contributed by atoms with Gasteiger partial charge < -0.3 is 10.2 Å².